The summed E-state index contributed by atoms with van der Waals surface area (Å²) in [5, 5.41) is 3.59. The lowest BCUT2D eigenvalue weighted by atomic mass is 9.96. The first-order valence-electron chi connectivity index (χ1n) is 6.89. The third kappa shape index (κ3) is 3.36. The Morgan fingerprint density at radius 1 is 1.52 bits per heavy atom. The molecular weight excluding hydrogens is 290 g/mol. The molecule has 2 aromatic rings. The Hall–Kier alpha value is -2.01. The molecule has 1 aromatic carbocycles. The van der Waals surface area contributed by atoms with Crippen LogP contribution < -0.4 is 10.1 Å². The lowest BCUT2D eigenvalue weighted by Crippen LogP contribution is -2.38. The molecule has 1 atom stereocenters. The minimum atomic E-state index is -0.174. The van der Waals surface area contributed by atoms with Crippen molar-refractivity contribution < 1.29 is 9.53 Å². The lowest BCUT2D eigenvalue weighted by molar-refractivity contribution is -0.126. The molecule has 1 aromatic heterocycles. The van der Waals surface area contributed by atoms with E-state index in [0.717, 1.165) is 17.1 Å². The summed E-state index contributed by atoms with van der Waals surface area (Å²) >= 11 is 5.98. The SMILES string of the molecule is O=C(NCCc1ncc[nH]1)C1COc2ccc(Cl)cc2C1. The quantitative estimate of drug-likeness (QED) is 0.907. The van der Waals surface area contributed by atoms with E-state index in [1.807, 2.05) is 12.1 Å². The molecule has 0 fully saturated rings. The first-order valence-corrected chi connectivity index (χ1v) is 7.27. The van der Waals surface area contributed by atoms with E-state index in [2.05, 4.69) is 15.3 Å². The second-order valence-electron chi connectivity index (χ2n) is 5.04. The summed E-state index contributed by atoms with van der Waals surface area (Å²) in [6.45, 7) is 0.965. The van der Waals surface area contributed by atoms with E-state index < -0.39 is 0 Å². The van der Waals surface area contributed by atoms with Crippen LogP contribution in [-0.2, 0) is 17.6 Å². The van der Waals surface area contributed by atoms with E-state index in [1.165, 1.54) is 0 Å². The van der Waals surface area contributed by atoms with Gasteiger partial charge in [-0.15, -0.1) is 0 Å². The van der Waals surface area contributed by atoms with E-state index in [-0.39, 0.29) is 11.8 Å². The first kappa shape index (κ1) is 13.9. The Morgan fingerprint density at radius 2 is 2.43 bits per heavy atom. The smallest absolute Gasteiger partial charge is 0.226 e. The number of benzene rings is 1. The zero-order valence-corrected chi connectivity index (χ0v) is 12.2. The average Bonchev–Trinajstić information content (AvgIpc) is 2.99. The number of hydrogen-bond acceptors (Lipinski definition) is 3. The highest BCUT2D eigenvalue weighted by molar-refractivity contribution is 6.30. The fourth-order valence-corrected chi connectivity index (χ4v) is 2.61. The maximum atomic E-state index is 12.2. The van der Waals surface area contributed by atoms with Crippen LogP contribution in [0.2, 0.25) is 5.02 Å². The van der Waals surface area contributed by atoms with Crippen LogP contribution >= 0.6 is 11.6 Å². The number of halogens is 1. The molecule has 0 bridgehead atoms. The standard InChI is InChI=1S/C15H16ClN3O2/c16-12-1-2-13-10(8-12)7-11(9-21-13)15(20)19-4-3-14-17-5-6-18-14/h1-2,5-6,8,11H,3-4,7,9H2,(H,17,18)(H,19,20). The van der Waals surface area contributed by atoms with Gasteiger partial charge >= 0.3 is 0 Å². The third-order valence-electron chi connectivity index (χ3n) is 3.52. The molecule has 1 aliphatic heterocycles. The Morgan fingerprint density at radius 3 is 3.24 bits per heavy atom. The number of aromatic amines is 1. The van der Waals surface area contributed by atoms with Crippen LogP contribution in [0.4, 0.5) is 0 Å². The van der Waals surface area contributed by atoms with Gasteiger partial charge in [-0.2, -0.15) is 0 Å². The molecule has 1 aliphatic rings. The Balaban J connectivity index is 1.54. The number of nitrogens with one attached hydrogen (secondary N) is 2. The normalized spacial score (nSPS) is 16.9. The minimum absolute atomic E-state index is 0.00665. The summed E-state index contributed by atoms with van der Waals surface area (Å²) in [6, 6.07) is 5.51. The van der Waals surface area contributed by atoms with Crippen LogP contribution in [0, 0.1) is 5.92 Å². The van der Waals surface area contributed by atoms with Crippen molar-refractivity contribution in [2.75, 3.05) is 13.2 Å². The van der Waals surface area contributed by atoms with Gasteiger partial charge in [-0.1, -0.05) is 11.6 Å². The first-order chi connectivity index (χ1) is 10.2. The van der Waals surface area contributed by atoms with Crippen molar-refractivity contribution in [2.24, 2.45) is 5.92 Å². The van der Waals surface area contributed by atoms with E-state index in [1.54, 1.807) is 18.5 Å². The minimum Gasteiger partial charge on any atom is -0.492 e. The van der Waals surface area contributed by atoms with Crippen molar-refractivity contribution >= 4 is 17.5 Å². The number of nitrogens with zero attached hydrogens (tertiary/aromatic N) is 1. The number of ether oxygens (including phenoxy) is 1. The summed E-state index contributed by atoms with van der Waals surface area (Å²) in [7, 11) is 0. The number of aromatic nitrogens is 2. The number of amides is 1. The van der Waals surface area contributed by atoms with Gasteiger partial charge < -0.3 is 15.0 Å². The Kier molecular flexibility index (Phi) is 4.10. The van der Waals surface area contributed by atoms with Crippen molar-refractivity contribution in [3.8, 4) is 5.75 Å². The molecule has 5 nitrogen and oxygen atoms in total. The van der Waals surface area contributed by atoms with Crippen LogP contribution in [0.25, 0.3) is 0 Å². The van der Waals surface area contributed by atoms with Gasteiger partial charge in [0.1, 0.15) is 18.2 Å². The van der Waals surface area contributed by atoms with Gasteiger partial charge in [0.25, 0.3) is 0 Å². The highest BCUT2D eigenvalue weighted by atomic mass is 35.5. The molecule has 0 aliphatic carbocycles. The number of imidazole rings is 1. The summed E-state index contributed by atoms with van der Waals surface area (Å²) in [5.74, 6) is 1.52. The van der Waals surface area contributed by atoms with Crippen molar-refractivity contribution in [1.82, 2.24) is 15.3 Å². The number of carbonyl (C=O) groups excluding carboxylic acids is 1. The topological polar surface area (TPSA) is 67.0 Å². The Labute approximate surface area is 127 Å². The number of H-pyrrole nitrogens is 1. The molecule has 0 saturated heterocycles. The highest BCUT2D eigenvalue weighted by Gasteiger charge is 2.25. The molecule has 1 amide bonds. The molecule has 1 unspecified atom stereocenters. The predicted molar refractivity (Wildman–Crippen MR) is 79.4 cm³/mol. The van der Waals surface area contributed by atoms with Crippen LogP contribution in [0.1, 0.15) is 11.4 Å². The van der Waals surface area contributed by atoms with Crippen LogP contribution in [0.5, 0.6) is 5.75 Å². The summed E-state index contributed by atoms with van der Waals surface area (Å²) < 4.78 is 5.63. The van der Waals surface area contributed by atoms with Gasteiger partial charge in [-0.25, -0.2) is 4.98 Å². The van der Waals surface area contributed by atoms with Crippen LogP contribution in [0.3, 0.4) is 0 Å². The average molecular weight is 306 g/mol. The summed E-state index contributed by atoms with van der Waals surface area (Å²) in [6.07, 6.45) is 4.82. The van der Waals surface area contributed by atoms with E-state index in [4.69, 9.17) is 16.3 Å². The van der Waals surface area contributed by atoms with Crippen molar-refractivity contribution in [3.63, 3.8) is 0 Å². The molecule has 3 rings (SSSR count). The number of hydrogen-bond donors (Lipinski definition) is 2. The zero-order valence-electron chi connectivity index (χ0n) is 11.4. The van der Waals surface area contributed by atoms with Gasteiger partial charge in [0, 0.05) is 30.4 Å². The van der Waals surface area contributed by atoms with Crippen molar-refractivity contribution in [3.05, 3.63) is 47.0 Å². The van der Waals surface area contributed by atoms with Gasteiger partial charge in [-0.05, 0) is 30.2 Å². The largest absolute Gasteiger partial charge is 0.492 e. The van der Waals surface area contributed by atoms with Crippen molar-refractivity contribution in [1.29, 1.82) is 0 Å². The molecule has 6 heteroatoms. The van der Waals surface area contributed by atoms with Crippen LogP contribution in [0.15, 0.2) is 30.6 Å². The molecule has 0 radical (unpaired) electrons. The van der Waals surface area contributed by atoms with Crippen molar-refractivity contribution in [2.45, 2.75) is 12.8 Å². The van der Waals surface area contributed by atoms with E-state index in [9.17, 15) is 4.79 Å². The Bertz CT molecular complexity index is 628. The molecule has 2 heterocycles. The van der Waals surface area contributed by atoms with Gasteiger partial charge in [0.2, 0.25) is 5.91 Å². The number of fused-ring (bicyclic) bond motifs is 1. The van der Waals surface area contributed by atoms with E-state index >= 15 is 0 Å². The summed E-state index contributed by atoms with van der Waals surface area (Å²) in [5.41, 5.74) is 0.986. The molecule has 110 valence electrons. The molecule has 2 N–H and O–H groups in total. The van der Waals surface area contributed by atoms with Gasteiger partial charge in [0.15, 0.2) is 0 Å². The lowest BCUT2D eigenvalue weighted by Gasteiger charge is -2.24. The molecule has 0 saturated carbocycles. The zero-order chi connectivity index (χ0) is 14.7. The monoisotopic (exact) mass is 305 g/mol. The maximum Gasteiger partial charge on any atom is 0.226 e. The van der Waals surface area contributed by atoms with E-state index in [0.29, 0.717) is 31.0 Å². The maximum absolute atomic E-state index is 12.2. The summed E-state index contributed by atoms with van der Waals surface area (Å²) in [4.78, 5) is 19.3. The van der Waals surface area contributed by atoms with Gasteiger partial charge in [-0.3, -0.25) is 4.79 Å². The van der Waals surface area contributed by atoms with Crippen LogP contribution in [-0.4, -0.2) is 29.0 Å². The number of carbonyl (C=O) groups is 1. The number of rotatable bonds is 4. The molecule has 21 heavy (non-hydrogen) atoms. The third-order valence-corrected chi connectivity index (χ3v) is 3.75. The molecular formula is C15H16ClN3O2. The second-order valence-corrected chi connectivity index (χ2v) is 5.48. The predicted octanol–water partition coefficient (Wildman–Crippen LogP) is 1.97. The highest BCUT2D eigenvalue weighted by Crippen LogP contribution is 2.29. The fraction of sp³-hybridized carbons (Fsp3) is 0.333. The second kappa shape index (κ2) is 6.18. The molecule has 0 spiro atoms. The van der Waals surface area contributed by atoms with Gasteiger partial charge in [0.05, 0.1) is 5.92 Å². The fourth-order valence-electron chi connectivity index (χ4n) is 2.41.